The topological polar surface area (TPSA) is 70.7 Å². The SMILES string of the molecule is N#Cc1ccc(-n2ccc(CCCNC(=O)c3ccc(F)cc3)n2)cc1C(F)(F)F. The van der Waals surface area contributed by atoms with Gasteiger partial charge in [-0.1, -0.05) is 0 Å². The monoisotopic (exact) mass is 416 g/mol. The largest absolute Gasteiger partial charge is 0.417 e. The lowest BCUT2D eigenvalue weighted by Gasteiger charge is -2.10. The Bertz CT molecular complexity index is 1080. The maximum absolute atomic E-state index is 13.1. The fourth-order valence-electron chi connectivity index (χ4n) is 2.82. The summed E-state index contributed by atoms with van der Waals surface area (Å²) in [6, 6.07) is 11.8. The quantitative estimate of drug-likeness (QED) is 0.482. The van der Waals surface area contributed by atoms with E-state index in [1.165, 1.54) is 41.2 Å². The second kappa shape index (κ2) is 8.78. The summed E-state index contributed by atoms with van der Waals surface area (Å²) >= 11 is 0. The van der Waals surface area contributed by atoms with E-state index in [2.05, 4.69) is 10.4 Å². The first-order valence-corrected chi connectivity index (χ1v) is 8.98. The smallest absolute Gasteiger partial charge is 0.352 e. The van der Waals surface area contributed by atoms with Gasteiger partial charge in [-0.2, -0.15) is 23.5 Å². The second-order valence-electron chi connectivity index (χ2n) is 6.46. The lowest BCUT2D eigenvalue weighted by molar-refractivity contribution is -0.137. The van der Waals surface area contributed by atoms with Crippen LogP contribution in [0.15, 0.2) is 54.7 Å². The molecule has 1 aromatic heterocycles. The lowest BCUT2D eigenvalue weighted by Crippen LogP contribution is -2.24. The van der Waals surface area contributed by atoms with E-state index in [1.54, 1.807) is 12.1 Å². The molecule has 1 N–H and O–H groups in total. The number of nitrogens with one attached hydrogen (secondary N) is 1. The Kier molecular flexibility index (Phi) is 6.16. The van der Waals surface area contributed by atoms with Crippen molar-refractivity contribution in [2.24, 2.45) is 0 Å². The predicted molar refractivity (Wildman–Crippen MR) is 100 cm³/mol. The molecule has 0 atom stereocenters. The van der Waals surface area contributed by atoms with Gasteiger partial charge in [0.15, 0.2) is 0 Å². The first-order chi connectivity index (χ1) is 14.3. The van der Waals surface area contributed by atoms with E-state index in [0.717, 1.165) is 12.1 Å². The number of hydrogen-bond donors (Lipinski definition) is 1. The van der Waals surface area contributed by atoms with Gasteiger partial charge < -0.3 is 5.32 Å². The molecule has 3 aromatic rings. The predicted octanol–water partition coefficient (Wildman–Crippen LogP) is 4.26. The highest BCUT2D eigenvalue weighted by atomic mass is 19.4. The molecule has 0 aliphatic heterocycles. The summed E-state index contributed by atoms with van der Waals surface area (Å²) in [7, 11) is 0. The number of nitrogens with zero attached hydrogens (tertiary/aromatic N) is 3. The molecule has 30 heavy (non-hydrogen) atoms. The zero-order valence-corrected chi connectivity index (χ0v) is 15.6. The Hall–Kier alpha value is -3.67. The van der Waals surface area contributed by atoms with E-state index < -0.39 is 23.1 Å². The van der Waals surface area contributed by atoms with Crippen molar-refractivity contribution in [2.75, 3.05) is 6.54 Å². The number of halogens is 4. The molecule has 154 valence electrons. The molecule has 0 spiro atoms. The van der Waals surface area contributed by atoms with Crippen LogP contribution in [0.3, 0.4) is 0 Å². The second-order valence-corrected chi connectivity index (χ2v) is 6.46. The molecule has 0 saturated heterocycles. The molecule has 1 amide bonds. The van der Waals surface area contributed by atoms with E-state index in [-0.39, 0.29) is 11.6 Å². The van der Waals surface area contributed by atoms with Gasteiger partial charge >= 0.3 is 6.18 Å². The van der Waals surface area contributed by atoms with Crippen molar-refractivity contribution < 1.29 is 22.4 Å². The van der Waals surface area contributed by atoms with Crippen LogP contribution in [-0.4, -0.2) is 22.2 Å². The average molecular weight is 416 g/mol. The van der Waals surface area contributed by atoms with Crippen molar-refractivity contribution in [1.82, 2.24) is 15.1 Å². The minimum absolute atomic E-state index is 0.192. The molecule has 0 saturated carbocycles. The number of carbonyl (C=O) groups excluding carboxylic acids is 1. The molecule has 0 bridgehead atoms. The minimum atomic E-state index is -4.64. The Balaban J connectivity index is 1.59. The molecule has 0 aliphatic rings. The third-order valence-corrected chi connectivity index (χ3v) is 4.34. The number of rotatable bonds is 6. The van der Waals surface area contributed by atoms with Crippen molar-refractivity contribution >= 4 is 5.91 Å². The third kappa shape index (κ3) is 5.03. The van der Waals surface area contributed by atoms with Gasteiger partial charge in [0.25, 0.3) is 5.91 Å². The molecule has 0 fully saturated rings. The van der Waals surface area contributed by atoms with Crippen LogP contribution in [0.1, 0.15) is 33.6 Å². The van der Waals surface area contributed by atoms with E-state index in [4.69, 9.17) is 5.26 Å². The number of aryl methyl sites for hydroxylation is 1. The standard InChI is InChI=1S/C21H16F4N4O/c22-16-6-3-14(4-7-16)20(30)27-10-1-2-17-9-11-29(28-17)18-8-5-15(13-26)19(12-18)21(23,24)25/h3-9,11-12H,1-2,10H2,(H,27,30). The van der Waals surface area contributed by atoms with Crippen LogP contribution in [0.4, 0.5) is 17.6 Å². The fraction of sp³-hybridized carbons (Fsp3) is 0.190. The molecule has 0 unspecified atom stereocenters. The van der Waals surface area contributed by atoms with Gasteiger partial charge in [-0.15, -0.1) is 0 Å². The van der Waals surface area contributed by atoms with Gasteiger partial charge in [0.2, 0.25) is 0 Å². The van der Waals surface area contributed by atoms with Crippen LogP contribution < -0.4 is 5.32 Å². The molecule has 0 radical (unpaired) electrons. The fourth-order valence-corrected chi connectivity index (χ4v) is 2.82. The summed E-state index contributed by atoms with van der Waals surface area (Å²) in [6.45, 7) is 0.359. The van der Waals surface area contributed by atoms with Crippen LogP contribution in [0.25, 0.3) is 5.69 Å². The van der Waals surface area contributed by atoms with Gasteiger partial charge in [0, 0.05) is 18.3 Å². The van der Waals surface area contributed by atoms with Crippen molar-refractivity contribution in [3.63, 3.8) is 0 Å². The summed E-state index contributed by atoms with van der Waals surface area (Å²) < 4.78 is 53.5. The molecular weight excluding hydrogens is 400 g/mol. The molecular formula is C21H16F4N4O. The number of hydrogen-bond acceptors (Lipinski definition) is 3. The zero-order valence-electron chi connectivity index (χ0n) is 15.6. The Morgan fingerprint density at radius 2 is 1.87 bits per heavy atom. The summed E-state index contributed by atoms with van der Waals surface area (Å²) in [5.74, 6) is -0.746. The number of amides is 1. The van der Waals surface area contributed by atoms with Gasteiger partial charge in [-0.25, -0.2) is 9.07 Å². The first-order valence-electron chi connectivity index (χ1n) is 8.98. The summed E-state index contributed by atoms with van der Waals surface area (Å²) in [4.78, 5) is 12.0. The highest BCUT2D eigenvalue weighted by Crippen LogP contribution is 2.33. The summed E-state index contributed by atoms with van der Waals surface area (Å²) in [5, 5.41) is 15.8. The minimum Gasteiger partial charge on any atom is -0.352 e. The van der Waals surface area contributed by atoms with Crippen LogP contribution in [0.2, 0.25) is 0 Å². The molecule has 5 nitrogen and oxygen atoms in total. The van der Waals surface area contributed by atoms with E-state index in [0.29, 0.717) is 30.6 Å². The number of benzene rings is 2. The molecule has 2 aromatic carbocycles. The lowest BCUT2D eigenvalue weighted by atomic mass is 10.1. The van der Waals surface area contributed by atoms with Crippen LogP contribution in [0.5, 0.6) is 0 Å². The average Bonchev–Trinajstić information content (AvgIpc) is 3.19. The normalized spacial score (nSPS) is 11.2. The van der Waals surface area contributed by atoms with Crippen LogP contribution in [0, 0.1) is 17.1 Å². The Morgan fingerprint density at radius 3 is 2.53 bits per heavy atom. The van der Waals surface area contributed by atoms with Crippen molar-refractivity contribution in [3.05, 3.63) is 82.9 Å². The van der Waals surface area contributed by atoms with Gasteiger partial charge in [-0.05, 0) is 61.4 Å². The Morgan fingerprint density at radius 1 is 1.13 bits per heavy atom. The van der Waals surface area contributed by atoms with E-state index >= 15 is 0 Å². The number of aromatic nitrogens is 2. The van der Waals surface area contributed by atoms with Gasteiger partial charge in [0.1, 0.15) is 5.82 Å². The first kappa shape index (κ1) is 21.0. The van der Waals surface area contributed by atoms with Crippen LogP contribution in [-0.2, 0) is 12.6 Å². The zero-order chi connectivity index (χ0) is 21.7. The van der Waals surface area contributed by atoms with E-state index in [1.807, 2.05) is 0 Å². The van der Waals surface area contributed by atoms with E-state index in [9.17, 15) is 22.4 Å². The number of nitriles is 1. The maximum atomic E-state index is 13.1. The molecule has 9 heteroatoms. The maximum Gasteiger partial charge on any atom is 0.417 e. The molecule has 0 aliphatic carbocycles. The van der Waals surface area contributed by atoms with Gasteiger partial charge in [-0.3, -0.25) is 4.79 Å². The van der Waals surface area contributed by atoms with Crippen molar-refractivity contribution in [2.45, 2.75) is 19.0 Å². The summed E-state index contributed by atoms with van der Waals surface area (Å²) in [5.41, 5.74) is -0.276. The summed E-state index contributed by atoms with van der Waals surface area (Å²) in [6.07, 6.45) is -2.04. The molecule has 1 heterocycles. The van der Waals surface area contributed by atoms with Crippen molar-refractivity contribution in [1.29, 1.82) is 5.26 Å². The number of alkyl halides is 3. The highest BCUT2D eigenvalue weighted by molar-refractivity contribution is 5.94. The van der Waals surface area contributed by atoms with Crippen molar-refractivity contribution in [3.8, 4) is 11.8 Å². The Labute approximate surface area is 169 Å². The molecule has 3 rings (SSSR count). The third-order valence-electron chi connectivity index (χ3n) is 4.34. The highest BCUT2D eigenvalue weighted by Gasteiger charge is 2.34. The van der Waals surface area contributed by atoms with Gasteiger partial charge in [0.05, 0.1) is 28.6 Å². The van der Waals surface area contributed by atoms with Crippen LogP contribution >= 0.6 is 0 Å². The number of carbonyl (C=O) groups is 1.